The summed E-state index contributed by atoms with van der Waals surface area (Å²) >= 11 is 4.10. The highest BCUT2D eigenvalue weighted by Crippen LogP contribution is 2.27. The molecule has 1 heterocycles. The van der Waals surface area contributed by atoms with E-state index in [1.165, 1.54) is 13.5 Å². The van der Waals surface area contributed by atoms with Gasteiger partial charge in [-0.3, -0.25) is 0 Å². The lowest BCUT2D eigenvalue weighted by molar-refractivity contribution is 0.585. The summed E-state index contributed by atoms with van der Waals surface area (Å²) in [5.74, 6) is 0. The summed E-state index contributed by atoms with van der Waals surface area (Å²) in [7, 11) is 0. The predicted molar refractivity (Wildman–Crippen MR) is 87.3 cm³/mol. The monoisotopic (exact) mass is 372 g/mol. The molecule has 4 heteroatoms. The smallest absolute Gasteiger partial charge is 0.0981 e. The molecule has 0 saturated heterocycles. The highest BCUT2D eigenvalue weighted by molar-refractivity contribution is 14.1. The lowest BCUT2D eigenvalue weighted by atomic mass is 9.98. The fourth-order valence-electron chi connectivity index (χ4n) is 1.49. The van der Waals surface area contributed by atoms with Crippen LogP contribution >= 0.6 is 33.9 Å². The molecular formula is C14H17IN2S. The van der Waals surface area contributed by atoms with Crippen LogP contribution in [0.5, 0.6) is 0 Å². The van der Waals surface area contributed by atoms with Crippen molar-refractivity contribution in [3.05, 3.63) is 43.9 Å². The number of thiazole rings is 1. The zero-order valence-electron chi connectivity index (χ0n) is 10.8. The van der Waals surface area contributed by atoms with E-state index in [-0.39, 0.29) is 5.41 Å². The van der Waals surface area contributed by atoms with E-state index in [1.54, 1.807) is 11.3 Å². The summed E-state index contributed by atoms with van der Waals surface area (Å²) in [4.78, 5) is 5.77. The fraction of sp³-hybridized carbons (Fsp3) is 0.357. The molecule has 1 aromatic heterocycles. The minimum atomic E-state index is 0.145. The third-order valence-corrected chi connectivity index (χ3v) is 4.65. The Labute approximate surface area is 126 Å². The van der Waals surface area contributed by atoms with Crippen molar-refractivity contribution in [2.75, 3.05) is 5.32 Å². The largest absolute Gasteiger partial charge is 0.380 e. The number of hydrogen-bond acceptors (Lipinski definition) is 3. The van der Waals surface area contributed by atoms with Crippen molar-refractivity contribution in [2.24, 2.45) is 0 Å². The van der Waals surface area contributed by atoms with E-state index in [1.807, 2.05) is 6.20 Å². The molecule has 0 bridgehead atoms. The Morgan fingerprint density at radius 3 is 2.44 bits per heavy atom. The maximum absolute atomic E-state index is 4.49. The van der Waals surface area contributed by atoms with Crippen molar-refractivity contribution < 1.29 is 0 Å². The first-order chi connectivity index (χ1) is 8.45. The average Bonchev–Trinajstić information content (AvgIpc) is 2.77. The number of benzene rings is 1. The molecule has 0 aliphatic rings. The standard InChI is InChI=1S/C14H17IN2S/c1-14(2,3)13-17-9-12(18-13)8-16-11-6-4-10(15)5-7-11/h4-7,9,16H,8H2,1-3H3. The molecule has 0 saturated carbocycles. The van der Waals surface area contributed by atoms with E-state index in [4.69, 9.17) is 0 Å². The molecule has 1 aromatic carbocycles. The summed E-state index contributed by atoms with van der Waals surface area (Å²) in [6, 6.07) is 8.42. The number of hydrogen-bond donors (Lipinski definition) is 1. The molecule has 0 fully saturated rings. The minimum Gasteiger partial charge on any atom is -0.380 e. The van der Waals surface area contributed by atoms with Gasteiger partial charge in [-0.1, -0.05) is 20.8 Å². The SMILES string of the molecule is CC(C)(C)c1ncc(CNc2ccc(I)cc2)s1. The number of anilines is 1. The number of nitrogens with one attached hydrogen (secondary N) is 1. The third kappa shape index (κ3) is 3.68. The molecule has 0 aliphatic carbocycles. The molecule has 2 rings (SSSR count). The number of halogens is 1. The lowest BCUT2D eigenvalue weighted by Gasteiger charge is -2.13. The summed E-state index contributed by atoms with van der Waals surface area (Å²) in [6.45, 7) is 7.43. The van der Waals surface area contributed by atoms with E-state index < -0.39 is 0 Å². The Kier molecular flexibility index (Phi) is 4.27. The van der Waals surface area contributed by atoms with Gasteiger partial charge in [0.15, 0.2) is 0 Å². The van der Waals surface area contributed by atoms with Crippen LogP contribution in [0.1, 0.15) is 30.7 Å². The summed E-state index contributed by atoms with van der Waals surface area (Å²) in [5, 5.41) is 4.62. The maximum Gasteiger partial charge on any atom is 0.0981 e. The zero-order chi connectivity index (χ0) is 13.2. The van der Waals surface area contributed by atoms with Gasteiger partial charge >= 0.3 is 0 Å². The van der Waals surface area contributed by atoms with Gasteiger partial charge in [0.25, 0.3) is 0 Å². The molecule has 0 aliphatic heterocycles. The topological polar surface area (TPSA) is 24.9 Å². The number of nitrogens with zero attached hydrogens (tertiary/aromatic N) is 1. The Bertz CT molecular complexity index is 511. The van der Waals surface area contributed by atoms with Gasteiger partial charge in [0.1, 0.15) is 0 Å². The molecule has 0 amide bonds. The van der Waals surface area contributed by atoms with Crippen molar-refractivity contribution in [3.8, 4) is 0 Å². The Balaban J connectivity index is 1.98. The van der Waals surface area contributed by atoms with Crippen LogP contribution in [0.3, 0.4) is 0 Å². The molecule has 2 aromatic rings. The van der Waals surface area contributed by atoms with Gasteiger partial charge in [0.2, 0.25) is 0 Å². The van der Waals surface area contributed by atoms with Gasteiger partial charge in [0.05, 0.1) is 11.6 Å². The minimum absolute atomic E-state index is 0.145. The molecule has 0 unspecified atom stereocenters. The van der Waals surface area contributed by atoms with Gasteiger partial charge in [0, 0.05) is 25.7 Å². The van der Waals surface area contributed by atoms with Crippen molar-refractivity contribution in [2.45, 2.75) is 32.7 Å². The molecule has 96 valence electrons. The van der Waals surface area contributed by atoms with Crippen LogP contribution in [-0.4, -0.2) is 4.98 Å². The maximum atomic E-state index is 4.49. The van der Waals surface area contributed by atoms with Crippen molar-refractivity contribution >= 4 is 39.6 Å². The molecule has 18 heavy (non-hydrogen) atoms. The van der Waals surface area contributed by atoms with Crippen LogP contribution in [-0.2, 0) is 12.0 Å². The van der Waals surface area contributed by atoms with Gasteiger partial charge in [-0.2, -0.15) is 0 Å². The second-order valence-electron chi connectivity index (χ2n) is 5.24. The molecule has 0 spiro atoms. The van der Waals surface area contributed by atoms with Gasteiger partial charge in [-0.15, -0.1) is 11.3 Å². The van der Waals surface area contributed by atoms with Crippen LogP contribution in [0.2, 0.25) is 0 Å². The Hall–Kier alpha value is -0.620. The van der Waals surface area contributed by atoms with Crippen LogP contribution in [0, 0.1) is 3.57 Å². The van der Waals surface area contributed by atoms with Gasteiger partial charge in [-0.25, -0.2) is 4.98 Å². The van der Waals surface area contributed by atoms with E-state index in [9.17, 15) is 0 Å². The predicted octanol–water partition coefficient (Wildman–Crippen LogP) is 4.66. The van der Waals surface area contributed by atoms with Crippen LogP contribution in [0.25, 0.3) is 0 Å². The van der Waals surface area contributed by atoms with E-state index in [2.05, 4.69) is 77.9 Å². The highest BCUT2D eigenvalue weighted by Gasteiger charge is 2.17. The second-order valence-corrected chi connectivity index (χ2v) is 7.60. The number of aromatic nitrogens is 1. The van der Waals surface area contributed by atoms with Crippen LogP contribution in [0.4, 0.5) is 5.69 Å². The molecule has 2 nitrogen and oxygen atoms in total. The van der Waals surface area contributed by atoms with Crippen molar-refractivity contribution in [1.29, 1.82) is 0 Å². The molecule has 0 radical (unpaired) electrons. The van der Waals surface area contributed by atoms with Crippen molar-refractivity contribution in [3.63, 3.8) is 0 Å². The van der Waals surface area contributed by atoms with E-state index in [0.717, 1.165) is 12.2 Å². The molecule has 1 N–H and O–H groups in total. The van der Waals surface area contributed by atoms with E-state index in [0.29, 0.717) is 0 Å². The fourth-order valence-corrected chi connectivity index (χ4v) is 2.76. The Morgan fingerprint density at radius 2 is 1.89 bits per heavy atom. The second kappa shape index (κ2) is 5.57. The third-order valence-electron chi connectivity index (χ3n) is 2.51. The summed E-state index contributed by atoms with van der Waals surface area (Å²) < 4.78 is 1.26. The molecule has 0 atom stereocenters. The number of rotatable bonds is 3. The van der Waals surface area contributed by atoms with Crippen LogP contribution < -0.4 is 5.32 Å². The first-order valence-electron chi connectivity index (χ1n) is 5.90. The molecular weight excluding hydrogens is 355 g/mol. The summed E-state index contributed by atoms with van der Waals surface area (Å²) in [5.41, 5.74) is 1.30. The van der Waals surface area contributed by atoms with Crippen LogP contribution in [0.15, 0.2) is 30.5 Å². The normalized spacial score (nSPS) is 11.6. The van der Waals surface area contributed by atoms with Gasteiger partial charge < -0.3 is 5.32 Å². The lowest BCUT2D eigenvalue weighted by Crippen LogP contribution is -2.09. The summed E-state index contributed by atoms with van der Waals surface area (Å²) in [6.07, 6.45) is 1.98. The van der Waals surface area contributed by atoms with E-state index >= 15 is 0 Å². The van der Waals surface area contributed by atoms with Crippen molar-refractivity contribution in [1.82, 2.24) is 4.98 Å². The quantitative estimate of drug-likeness (QED) is 0.793. The zero-order valence-corrected chi connectivity index (χ0v) is 13.8. The Morgan fingerprint density at radius 1 is 1.22 bits per heavy atom. The first-order valence-corrected chi connectivity index (χ1v) is 7.79. The average molecular weight is 372 g/mol. The van der Waals surface area contributed by atoms with Gasteiger partial charge in [-0.05, 0) is 46.9 Å². The highest BCUT2D eigenvalue weighted by atomic mass is 127. The first kappa shape index (κ1) is 13.8.